The summed E-state index contributed by atoms with van der Waals surface area (Å²) in [4.78, 5) is 2.43. The molecule has 26 heavy (non-hydrogen) atoms. The van der Waals surface area contributed by atoms with Gasteiger partial charge in [-0.1, -0.05) is 0 Å². The predicted octanol–water partition coefficient (Wildman–Crippen LogP) is 2.74. The second kappa shape index (κ2) is 7.98. The summed E-state index contributed by atoms with van der Waals surface area (Å²) in [5.41, 5.74) is 0.924. The zero-order valence-electron chi connectivity index (χ0n) is 15.1. The Kier molecular flexibility index (Phi) is 5.47. The minimum atomic E-state index is -0.417. The van der Waals surface area contributed by atoms with Crippen molar-refractivity contribution in [2.75, 3.05) is 44.7 Å². The van der Waals surface area contributed by atoms with E-state index in [9.17, 15) is 0 Å². The minimum Gasteiger partial charge on any atom is -0.448 e. The van der Waals surface area contributed by atoms with Gasteiger partial charge in [-0.2, -0.15) is 0 Å². The Bertz CT molecular complexity index is 643. The number of fused-ring (bicyclic) bond motifs is 1. The molecule has 4 rings (SSSR count). The van der Waals surface area contributed by atoms with E-state index < -0.39 is 5.79 Å². The highest BCUT2D eigenvalue weighted by atomic mass is 32.1. The Labute approximate surface area is 160 Å². The number of benzene rings is 1. The first-order valence-corrected chi connectivity index (χ1v) is 10.0. The Balaban J connectivity index is 1.21. The van der Waals surface area contributed by atoms with E-state index in [4.69, 9.17) is 26.4 Å². The molecule has 2 aliphatic heterocycles. The highest BCUT2D eigenvalue weighted by Crippen LogP contribution is 2.47. The number of nitrogens with zero attached hydrogens (tertiary/aromatic N) is 1. The second-order valence-electron chi connectivity index (χ2n) is 7.17. The van der Waals surface area contributed by atoms with Crippen molar-refractivity contribution in [3.63, 3.8) is 0 Å². The molecule has 142 valence electrons. The first-order valence-electron chi connectivity index (χ1n) is 9.60. The quantitative estimate of drug-likeness (QED) is 0.604. The van der Waals surface area contributed by atoms with Gasteiger partial charge in [0.15, 0.2) is 16.6 Å². The summed E-state index contributed by atoms with van der Waals surface area (Å²) < 4.78 is 17.5. The topological polar surface area (TPSA) is 55.0 Å². The molecule has 2 fully saturated rings. The molecule has 0 aromatic heterocycles. The van der Waals surface area contributed by atoms with Gasteiger partial charge in [-0.3, -0.25) is 4.90 Å². The van der Waals surface area contributed by atoms with Gasteiger partial charge in [-0.15, -0.1) is 0 Å². The van der Waals surface area contributed by atoms with Crippen molar-refractivity contribution in [2.24, 2.45) is 0 Å². The van der Waals surface area contributed by atoms with Crippen molar-refractivity contribution < 1.29 is 14.2 Å². The van der Waals surface area contributed by atoms with E-state index in [1.54, 1.807) is 0 Å². The summed E-state index contributed by atoms with van der Waals surface area (Å²) >= 11 is 5.41. The number of thiocarbonyl (C=S) groups is 1. The zero-order chi connectivity index (χ0) is 17.8. The van der Waals surface area contributed by atoms with Gasteiger partial charge in [0.05, 0.1) is 13.2 Å². The highest BCUT2D eigenvalue weighted by Gasteiger charge is 2.44. The lowest BCUT2D eigenvalue weighted by molar-refractivity contribution is -0.0716. The monoisotopic (exact) mass is 377 g/mol. The first kappa shape index (κ1) is 17.8. The second-order valence-corrected chi connectivity index (χ2v) is 7.58. The maximum atomic E-state index is 6.10. The molecular weight excluding hydrogens is 350 g/mol. The van der Waals surface area contributed by atoms with Gasteiger partial charge in [0.2, 0.25) is 0 Å². The largest absolute Gasteiger partial charge is 0.448 e. The standard InChI is InChI=1S/C19H27N3O3S/c26-18(20-8-3-9-22-10-12-23-13-11-22)21-15-4-5-16-17(14-15)25-19(24-16)6-1-2-7-19/h4-5,14H,1-3,6-13H2,(H2,20,21,26). The molecular formula is C19H27N3O3S. The fourth-order valence-corrected chi connectivity index (χ4v) is 4.01. The van der Waals surface area contributed by atoms with Crippen LogP contribution in [0.3, 0.4) is 0 Å². The van der Waals surface area contributed by atoms with Crippen molar-refractivity contribution in [3.8, 4) is 11.5 Å². The third-order valence-electron chi connectivity index (χ3n) is 5.20. The third-order valence-corrected chi connectivity index (χ3v) is 5.45. The number of morpholine rings is 1. The Morgan fingerprint density at radius 1 is 1.12 bits per heavy atom. The molecule has 2 heterocycles. The molecule has 1 saturated carbocycles. The van der Waals surface area contributed by atoms with Crippen LogP contribution in [0.4, 0.5) is 5.69 Å². The van der Waals surface area contributed by atoms with Crippen LogP contribution >= 0.6 is 12.2 Å². The van der Waals surface area contributed by atoms with E-state index in [0.717, 1.165) is 88.7 Å². The van der Waals surface area contributed by atoms with Gasteiger partial charge in [-0.05, 0) is 50.2 Å². The molecule has 1 aromatic rings. The average Bonchev–Trinajstić information content (AvgIpc) is 3.25. The molecule has 1 aliphatic carbocycles. The summed E-state index contributed by atoms with van der Waals surface area (Å²) in [6, 6.07) is 5.92. The van der Waals surface area contributed by atoms with Crippen LogP contribution in [0.15, 0.2) is 18.2 Å². The minimum absolute atomic E-state index is 0.417. The van der Waals surface area contributed by atoms with Crippen LogP contribution in [0.2, 0.25) is 0 Å². The third kappa shape index (κ3) is 4.22. The van der Waals surface area contributed by atoms with E-state index in [2.05, 4.69) is 15.5 Å². The number of rotatable bonds is 5. The lowest BCUT2D eigenvalue weighted by Gasteiger charge is -2.26. The van der Waals surface area contributed by atoms with E-state index in [1.165, 1.54) is 0 Å². The van der Waals surface area contributed by atoms with E-state index in [0.29, 0.717) is 5.11 Å². The number of ether oxygens (including phenoxy) is 3. The SMILES string of the molecule is S=C(NCCCN1CCOCC1)Nc1ccc2c(c1)OC1(CCCC1)O2. The van der Waals surface area contributed by atoms with Crippen LogP contribution in [0.25, 0.3) is 0 Å². The summed E-state index contributed by atoms with van der Waals surface area (Å²) in [5, 5.41) is 7.16. The van der Waals surface area contributed by atoms with Gasteiger partial charge in [0.1, 0.15) is 0 Å². The molecule has 3 aliphatic rings. The van der Waals surface area contributed by atoms with Crippen molar-refractivity contribution >= 4 is 23.0 Å². The van der Waals surface area contributed by atoms with E-state index >= 15 is 0 Å². The Morgan fingerprint density at radius 3 is 2.69 bits per heavy atom. The van der Waals surface area contributed by atoms with Gasteiger partial charge in [0.25, 0.3) is 5.79 Å². The summed E-state index contributed by atoms with van der Waals surface area (Å²) in [5.74, 6) is 1.23. The number of anilines is 1. The maximum absolute atomic E-state index is 6.10. The normalized spacial score (nSPS) is 21.1. The number of hydrogen-bond donors (Lipinski definition) is 2. The Hall–Kier alpha value is -1.57. The molecule has 1 saturated heterocycles. The average molecular weight is 378 g/mol. The smallest absolute Gasteiger partial charge is 0.251 e. The zero-order valence-corrected chi connectivity index (χ0v) is 15.9. The molecule has 0 atom stereocenters. The van der Waals surface area contributed by atoms with Crippen molar-refractivity contribution in [3.05, 3.63) is 18.2 Å². The lowest BCUT2D eigenvalue weighted by atomic mass is 10.2. The molecule has 1 spiro atoms. The van der Waals surface area contributed by atoms with E-state index in [-0.39, 0.29) is 0 Å². The van der Waals surface area contributed by atoms with Crippen molar-refractivity contribution in [2.45, 2.75) is 37.9 Å². The summed E-state index contributed by atoms with van der Waals surface area (Å²) in [7, 11) is 0. The summed E-state index contributed by atoms with van der Waals surface area (Å²) in [6.07, 6.45) is 5.32. The lowest BCUT2D eigenvalue weighted by Crippen LogP contribution is -2.38. The molecule has 0 amide bonds. The predicted molar refractivity (Wildman–Crippen MR) is 105 cm³/mol. The van der Waals surface area contributed by atoms with Crippen LogP contribution in [-0.2, 0) is 4.74 Å². The van der Waals surface area contributed by atoms with Crippen LogP contribution < -0.4 is 20.1 Å². The molecule has 0 radical (unpaired) electrons. The van der Waals surface area contributed by atoms with Crippen LogP contribution in [-0.4, -0.2) is 55.2 Å². The number of hydrogen-bond acceptors (Lipinski definition) is 5. The molecule has 0 bridgehead atoms. The van der Waals surface area contributed by atoms with Crippen molar-refractivity contribution in [1.29, 1.82) is 0 Å². The fraction of sp³-hybridized carbons (Fsp3) is 0.632. The Morgan fingerprint density at radius 2 is 1.88 bits per heavy atom. The van der Waals surface area contributed by atoms with Gasteiger partial charge < -0.3 is 24.8 Å². The van der Waals surface area contributed by atoms with Crippen LogP contribution in [0, 0.1) is 0 Å². The molecule has 6 nitrogen and oxygen atoms in total. The molecule has 1 aromatic carbocycles. The van der Waals surface area contributed by atoms with Crippen molar-refractivity contribution in [1.82, 2.24) is 10.2 Å². The molecule has 7 heteroatoms. The highest BCUT2D eigenvalue weighted by molar-refractivity contribution is 7.80. The van der Waals surface area contributed by atoms with Crippen LogP contribution in [0.1, 0.15) is 32.1 Å². The fourth-order valence-electron chi connectivity index (χ4n) is 3.79. The number of nitrogens with one attached hydrogen (secondary N) is 2. The van der Waals surface area contributed by atoms with E-state index in [1.807, 2.05) is 18.2 Å². The maximum Gasteiger partial charge on any atom is 0.251 e. The van der Waals surface area contributed by atoms with Crippen LogP contribution in [0.5, 0.6) is 11.5 Å². The first-order chi connectivity index (χ1) is 12.7. The molecule has 0 unspecified atom stereocenters. The molecule has 2 N–H and O–H groups in total. The van der Waals surface area contributed by atoms with Gasteiger partial charge in [-0.25, -0.2) is 0 Å². The van der Waals surface area contributed by atoms with Gasteiger partial charge >= 0.3 is 0 Å². The summed E-state index contributed by atoms with van der Waals surface area (Å²) in [6.45, 7) is 5.68. The van der Waals surface area contributed by atoms with Gasteiger partial charge in [0, 0.05) is 44.2 Å².